The molecule has 3 heterocycles. The zero-order valence-corrected chi connectivity index (χ0v) is 15.2. The van der Waals surface area contributed by atoms with Crippen molar-refractivity contribution in [2.45, 2.75) is 13.1 Å². The number of carbonyl (C=O) groups excluding carboxylic acids is 1. The summed E-state index contributed by atoms with van der Waals surface area (Å²) in [6, 6.07) is 13.6. The lowest BCUT2D eigenvalue weighted by Gasteiger charge is -2.20. The molecule has 6 heteroatoms. The fourth-order valence-corrected chi connectivity index (χ4v) is 3.59. The van der Waals surface area contributed by atoms with E-state index in [1.807, 2.05) is 47.8 Å². The number of thiophene rings is 1. The SMILES string of the molecule is COc1cccc(CN2Cc3nc(-c4ccsc4)ccc3OCC2=O)c1. The highest BCUT2D eigenvalue weighted by Crippen LogP contribution is 2.28. The summed E-state index contributed by atoms with van der Waals surface area (Å²) in [5, 5.41) is 4.09. The van der Waals surface area contributed by atoms with Gasteiger partial charge in [-0.05, 0) is 41.3 Å². The predicted molar refractivity (Wildman–Crippen MR) is 100 cm³/mol. The van der Waals surface area contributed by atoms with E-state index in [1.165, 1.54) is 0 Å². The minimum atomic E-state index is -0.0529. The minimum absolute atomic E-state index is 0.0243. The first-order chi connectivity index (χ1) is 12.7. The summed E-state index contributed by atoms with van der Waals surface area (Å²) in [5.41, 5.74) is 3.76. The summed E-state index contributed by atoms with van der Waals surface area (Å²) in [5.74, 6) is 1.40. The van der Waals surface area contributed by atoms with Crippen LogP contribution in [0.15, 0.2) is 53.2 Å². The number of carbonyl (C=O) groups is 1. The maximum atomic E-state index is 12.5. The second-order valence-electron chi connectivity index (χ2n) is 6.04. The molecule has 4 rings (SSSR count). The second-order valence-corrected chi connectivity index (χ2v) is 6.82. The number of pyridine rings is 1. The van der Waals surface area contributed by atoms with Crippen LogP contribution in [0.3, 0.4) is 0 Å². The van der Waals surface area contributed by atoms with Crippen LogP contribution in [0, 0.1) is 0 Å². The molecule has 1 amide bonds. The first-order valence-electron chi connectivity index (χ1n) is 8.29. The fourth-order valence-electron chi connectivity index (χ4n) is 2.94. The number of amides is 1. The monoisotopic (exact) mass is 366 g/mol. The largest absolute Gasteiger partial charge is 0.497 e. The van der Waals surface area contributed by atoms with Gasteiger partial charge < -0.3 is 14.4 Å². The van der Waals surface area contributed by atoms with Crippen LogP contribution >= 0.6 is 11.3 Å². The number of rotatable bonds is 4. The highest BCUT2D eigenvalue weighted by molar-refractivity contribution is 7.08. The zero-order chi connectivity index (χ0) is 17.9. The van der Waals surface area contributed by atoms with Crippen LogP contribution < -0.4 is 9.47 Å². The highest BCUT2D eigenvalue weighted by atomic mass is 32.1. The third-order valence-electron chi connectivity index (χ3n) is 4.30. The Morgan fingerprint density at radius 3 is 3.00 bits per heavy atom. The second kappa shape index (κ2) is 7.17. The van der Waals surface area contributed by atoms with Gasteiger partial charge in [0.1, 0.15) is 17.2 Å². The number of aromatic nitrogens is 1. The smallest absolute Gasteiger partial charge is 0.261 e. The van der Waals surface area contributed by atoms with Crippen molar-refractivity contribution in [3.8, 4) is 22.8 Å². The average Bonchev–Trinajstić information content (AvgIpc) is 3.16. The van der Waals surface area contributed by atoms with E-state index in [9.17, 15) is 4.79 Å². The summed E-state index contributed by atoms with van der Waals surface area (Å²) < 4.78 is 10.9. The van der Waals surface area contributed by atoms with Gasteiger partial charge >= 0.3 is 0 Å². The number of ether oxygens (including phenoxy) is 2. The maximum Gasteiger partial charge on any atom is 0.261 e. The van der Waals surface area contributed by atoms with Gasteiger partial charge in [-0.25, -0.2) is 4.98 Å². The molecule has 5 nitrogen and oxygen atoms in total. The van der Waals surface area contributed by atoms with E-state index >= 15 is 0 Å². The van der Waals surface area contributed by atoms with E-state index in [0.29, 0.717) is 18.8 Å². The molecule has 0 saturated heterocycles. The third kappa shape index (κ3) is 3.41. The molecule has 0 bridgehead atoms. The van der Waals surface area contributed by atoms with Gasteiger partial charge in [0, 0.05) is 17.5 Å². The molecular weight excluding hydrogens is 348 g/mol. The highest BCUT2D eigenvalue weighted by Gasteiger charge is 2.23. The Labute approximate surface area is 155 Å². The van der Waals surface area contributed by atoms with Crippen LogP contribution in [0.25, 0.3) is 11.3 Å². The lowest BCUT2D eigenvalue weighted by molar-refractivity contribution is -0.133. The van der Waals surface area contributed by atoms with Crippen LogP contribution in [0.5, 0.6) is 11.5 Å². The van der Waals surface area contributed by atoms with Crippen molar-refractivity contribution in [1.82, 2.24) is 9.88 Å². The molecule has 0 radical (unpaired) electrons. The molecule has 0 aliphatic carbocycles. The number of hydrogen-bond acceptors (Lipinski definition) is 5. The van der Waals surface area contributed by atoms with E-state index in [1.54, 1.807) is 23.3 Å². The number of methoxy groups -OCH3 is 1. The maximum absolute atomic E-state index is 12.5. The number of benzene rings is 1. The Kier molecular flexibility index (Phi) is 4.58. The molecule has 1 aliphatic rings. The number of fused-ring (bicyclic) bond motifs is 1. The Hall–Kier alpha value is -2.86. The molecule has 26 heavy (non-hydrogen) atoms. The van der Waals surface area contributed by atoms with Gasteiger partial charge in [0.2, 0.25) is 0 Å². The van der Waals surface area contributed by atoms with Crippen LogP contribution in [-0.2, 0) is 17.9 Å². The molecule has 2 aromatic heterocycles. The van der Waals surface area contributed by atoms with E-state index in [4.69, 9.17) is 14.5 Å². The minimum Gasteiger partial charge on any atom is -0.497 e. The zero-order valence-electron chi connectivity index (χ0n) is 14.3. The lowest BCUT2D eigenvalue weighted by atomic mass is 10.1. The average molecular weight is 366 g/mol. The molecule has 0 unspecified atom stereocenters. The van der Waals surface area contributed by atoms with Crippen molar-refractivity contribution >= 4 is 17.2 Å². The Balaban J connectivity index is 1.61. The van der Waals surface area contributed by atoms with Crippen LogP contribution in [0.4, 0.5) is 0 Å². The quantitative estimate of drug-likeness (QED) is 0.706. The van der Waals surface area contributed by atoms with Crippen molar-refractivity contribution in [2.75, 3.05) is 13.7 Å². The molecule has 3 aromatic rings. The van der Waals surface area contributed by atoms with Gasteiger partial charge in [-0.1, -0.05) is 12.1 Å². The summed E-state index contributed by atoms with van der Waals surface area (Å²) in [7, 11) is 1.64. The fraction of sp³-hybridized carbons (Fsp3) is 0.200. The summed E-state index contributed by atoms with van der Waals surface area (Å²) >= 11 is 1.63. The number of hydrogen-bond donors (Lipinski definition) is 0. The third-order valence-corrected chi connectivity index (χ3v) is 4.98. The first kappa shape index (κ1) is 16.6. The number of nitrogens with zero attached hydrogens (tertiary/aromatic N) is 2. The van der Waals surface area contributed by atoms with E-state index in [2.05, 4.69) is 5.38 Å². The van der Waals surface area contributed by atoms with E-state index < -0.39 is 0 Å². The summed E-state index contributed by atoms with van der Waals surface area (Å²) in [4.78, 5) is 19.0. The molecule has 1 aliphatic heterocycles. The summed E-state index contributed by atoms with van der Waals surface area (Å²) in [6.07, 6.45) is 0. The Morgan fingerprint density at radius 2 is 2.19 bits per heavy atom. The molecule has 0 saturated carbocycles. The van der Waals surface area contributed by atoms with Crippen molar-refractivity contribution in [3.63, 3.8) is 0 Å². The van der Waals surface area contributed by atoms with Crippen molar-refractivity contribution in [3.05, 3.63) is 64.5 Å². The molecule has 132 valence electrons. The first-order valence-corrected chi connectivity index (χ1v) is 9.23. The predicted octanol–water partition coefficient (Wildman–Crippen LogP) is 3.74. The molecule has 1 aromatic carbocycles. The van der Waals surface area contributed by atoms with Gasteiger partial charge in [-0.2, -0.15) is 11.3 Å². The molecule has 0 N–H and O–H groups in total. The molecular formula is C20H18N2O3S. The van der Waals surface area contributed by atoms with Gasteiger partial charge in [0.15, 0.2) is 6.61 Å². The van der Waals surface area contributed by atoms with Crippen molar-refractivity contribution in [1.29, 1.82) is 0 Å². The standard InChI is InChI=1S/C20H18N2O3S/c1-24-16-4-2-3-14(9-16)10-22-11-18-19(25-12-20(22)23)6-5-17(21-18)15-7-8-26-13-15/h2-9,13H,10-12H2,1H3. The van der Waals surface area contributed by atoms with Gasteiger partial charge in [-0.3, -0.25) is 4.79 Å². The normalized spacial score (nSPS) is 13.7. The van der Waals surface area contributed by atoms with Gasteiger partial charge in [0.05, 0.1) is 19.3 Å². The van der Waals surface area contributed by atoms with E-state index in [-0.39, 0.29) is 12.5 Å². The van der Waals surface area contributed by atoms with Crippen LogP contribution in [0.1, 0.15) is 11.3 Å². The van der Waals surface area contributed by atoms with Crippen molar-refractivity contribution in [2.24, 2.45) is 0 Å². The molecule has 0 spiro atoms. The Bertz CT molecular complexity index is 925. The summed E-state index contributed by atoms with van der Waals surface area (Å²) in [6.45, 7) is 0.934. The van der Waals surface area contributed by atoms with Crippen LogP contribution in [0.2, 0.25) is 0 Å². The van der Waals surface area contributed by atoms with Gasteiger partial charge in [0.25, 0.3) is 5.91 Å². The Morgan fingerprint density at radius 1 is 1.27 bits per heavy atom. The molecule has 0 fully saturated rings. The van der Waals surface area contributed by atoms with E-state index in [0.717, 1.165) is 28.3 Å². The van der Waals surface area contributed by atoms with Crippen LogP contribution in [-0.4, -0.2) is 29.5 Å². The van der Waals surface area contributed by atoms with Crippen molar-refractivity contribution < 1.29 is 14.3 Å². The molecule has 0 atom stereocenters. The lowest BCUT2D eigenvalue weighted by Crippen LogP contribution is -2.32. The topological polar surface area (TPSA) is 51.7 Å². The van der Waals surface area contributed by atoms with Gasteiger partial charge in [-0.15, -0.1) is 0 Å².